The molecule has 20 heavy (non-hydrogen) atoms. The Hall–Kier alpha value is -2.40. The van der Waals surface area contributed by atoms with E-state index in [-0.39, 0.29) is 18.7 Å². The van der Waals surface area contributed by atoms with Gasteiger partial charge in [-0.1, -0.05) is 36.4 Å². The Kier molecular flexibility index (Phi) is 4.32. The predicted octanol–water partition coefficient (Wildman–Crippen LogP) is 1.42. The van der Waals surface area contributed by atoms with Gasteiger partial charge in [-0.15, -0.1) is 0 Å². The number of hydrogen-bond acceptors (Lipinski definition) is 4. The number of anilines is 1. The van der Waals surface area contributed by atoms with E-state index in [9.17, 15) is 9.59 Å². The van der Waals surface area contributed by atoms with Crippen molar-refractivity contribution in [1.82, 2.24) is 5.32 Å². The van der Waals surface area contributed by atoms with Gasteiger partial charge < -0.3 is 10.8 Å². The highest BCUT2D eigenvalue weighted by atomic mass is 16.4. The summed E-state index contributed by atoms with van der Waals surface area (Å²) in [6.07, 6.45) is 0.134. The fraction of sp³-hybridized carbons (Fsp3) is 0.200. The number of hydrogen-bond donors (Lipinski definition) is 3. The molecule has 0 aliphatic carbocycles. The smallest absolute Gasteiger partial charge is 0.321 e. The number of rotatable bonds is 1. The van der Waals surface area contributed by atoms with E-state index in [0.29, 0.717) is 0 Å². The maximum atomic E-state index is 10.4. The highest BCUT2D eigenvalue weighted by molar-refractivity contribution is 5.92. The molecule has 1 fully saturated rings. The van der Waals surface area contributed by atoms with E-state index >= 15 is 0 Å². The van der Waals surface area contributed by atoms with Gasteiger partial charge in [0.1, 0.15) is 11.8 Å². The van der Waals surface area contributed by atoms with Gasteiger partial charge in [0.2, 0.25) is 0 Å². The zero-order valence-electron chi connectivity index (χ0n) is 10.9. The van der Waals surface area contributed by atoms with Crippen molar-refractivity contribution < 1.29 is 14.7 Å². The Morgan fingerprint density at radius 2 is 1.90 bits per heavy atom. The largest absolute Gasteiger partial charge is 0.480 e. The number of nitrogens with two attached hydrogens (primary N) is 1. The molecule has 0 unspecified atom stereocenters. The van der Waals surface area contributed by atoms with Gasteiger partial charge in [-0.2, -0.15) is 0 Å². The van der Waals surface area contributed by atoms with E-state index in [0.717, 1.165) is 11.1 Å². The van der Waals surface area contributed by atoms with Gasteiger partial charge in [-0.05, 0) is 11.5 Å². The van der Waals surface area contributed by atoms with Gasteiger partial charge in [-0.25, -0.2) is 0 Å². The summed E-state index contributed by atoms with van der Waals surface area (Å²) in [5.41, 5.74) is 6.61. The van der Waals surface area contributed by atoms with Crippen LogP contribution in [0.3, 0.4) is 0 Å². The van der Waals surface area contributed by atoms with E-state index < -0.39 is 12.0 Å². The third kappa shape index (κ3) is 3.33. The Labute approximate surface area is 116 Å². The molecular weight excluding hydrogens is 256 g/mol. The highest BCUT2D eigenvalue weighted by Crippen LogP contribution is 2.19. The number of Topliss-reactive ketones (excluding diaryl/α,β-unsaturated/α-hetero) is 1. The number of aliphatic carboxylic acids is 1. The van der Waals surface area contributed by atoms with Gasteiger partial charge in [-0.3, -0.25) is 14.9 Å². The second-order valence-corrected chi connectivity index (χ2v) is 4.58. The summed E-state index contributed by atoms with van der Waals surface area (Å²) in [5.74, 6) is -0.969. The Balaban J connectivity index is 0.000000151. The lowest BCUT2D eigenvalue weighted by atomic mass is 10.1. The third-order valence-electron chi connectivity index (χ3n) is 3.10. The molecule has 1 aliphatic heterocycles. The lowest BCUT2D eigenvalue weighted by molar-refractivity contribution is -0.139. The molecule has 104 valence electrons. The summed E-state index contributed by atoms with van der Waals surface area (Å²) in [6, 6.07) is 13.4. The van der Waals surface area contributed by atoms with Crippen molar-refractivity contribution in [2.45, 2.75) is 12.5 Å². The van der Waals surface area contributed by atoms with Crippen LogP contribution in [0.1, 0.15) is 6.42 Å². The number of carboxylic acid groups (broad SMARTS) is 1. The molecule has 0 amide bonds. The Bertz CT molecular complexity index is 635. The first-order valence-electron chi connectivity index (χ1n) is 6.29. The molecule has 0 bridgehead atoms. The Morgan fingerprint density at radius 3 is 2.45 bits per heavy atom. The molecule has 1 aliphatic rings. The standard InChI is InChI=1S/C10H9N.C5H7NO3/c11-10-7-3-5-8-4-1-2-6-9(8)10;7-3-1-4(5(8)9)6-2-3/h1-7H,11H2;4,6H,1-2H2,(H,8,9)/t;4-/m.0/s1. The van der Waals surface area contributed by atoms with Crippen LogP contribution in [-0.2, 0) is 9.59 Å². The number of nitrogens with one attached hydrogen (secondary N) is 1. The highest BCUT2D eigenvalue weighted by Gasteiger charge is 2.26. The van der Waals surface area contributed by atoms with Gasteiger partial charge in [0.25, 0.3) is 0 Å². The van der Waals surface area contributed by atoms with Crippen molar-refractivity contribution in [1.29, 1.82) is 0 Å². The van der Waals surface area contributed by atoms with Crippen molar-refractivity contribution in [3.05, 3.63) is 42.5 Å². The minimum atomic E-state index is -0.944. The lowest BCUT2D eigenvalue weighted by Gasteiger charge is -1.98. The second-order valence-electron chi connectivity index (χ2n) is 4.58. The molecule has 3 rings (SSSR count). The van der Waals surface area contributed by atoms with E-state index in [1.54, 1.807) is 0 Å². The van der Waals surface area contributed by atoms with Crippen LogP contribution < -0.4 is 11.1 Å². The van der Waals surface area contributed by atoms with Crippen LogP contribution in [0.15, 0.2) is 42.5 Å². The normalized spacial score (nSPS) is 17.6. The summed E-state index contributed by atoms with van der Waals surface area (Å²) in [5, 5.41) is 13.2. The van der Waals surface area contributed by atoms with E-state index in [2.05, 4.69) is 17.4 Å². The first-order chi connectivity index (χ1) is 9.58. The summed E-state index contributed by atoms with van der Waals surface area (Å²) < 4.78 is 0. The van der Waals surface area contributed by atoms with Crippen LogP contribution in [0.25, 0.3) is 10.8 Å². The third-order valence-corrected chi connectivity index (χ3v) is 3.10. The number of nitrogen functional groups attached to an aromatic ring is 1. The van der Waals surface area contributed by atoms with Crippen LogP contribution in [0.4, 0.5) is 5.69 Å². The minimum Gasteiger partial charge on any atom is -0.480 e. The van der Waals surface area contributed by atoms with E-state index in [4.69, 9.17) is 10.8 Å². The zero-order valence-corrected chi connectivity index (χ0v) is 10.9. The maximum absolute atomic E-state index is 10.4. The molecule has 1 atom stereocenters. The molecule has 1 heterocycles. The van der Waals surface area contributed by atoms with Crippen molar-refractivity contribution in [2.75, 3.05) is 12.3 Å². The molecular formula is C15H16N2O3. The number of benzene rings is 2. The summed E-state index contributed by atoms with van der Waals surface area (Å²) in [6.45, 7) is 0.205. The molecule has 5 nitrogen and oxygen atoms in total. The molecule has 0 spiro atoms. The van der Waals surface area contributed by atoms with Crippen molar-refractivity contribution in [2.24, 2.45) is 0 Å². The zero-order chi connectivity index (χ0) is 14.5. The first kappa shape index (κ1) is 14.0. The van der Waals surface area contributed by atoms with Gasteiger partial charge >= 0.3 is 5.97 Å². The number of fused-ring (bicyclic) bond motifs is 1. The number of ketones is 1. The van der Waals surface area contributed by atoms with Crippen LogP contribution in [0, 0.1) is 0 Å². The van der Waals surface area contributed by atoms with Crippen LogP contribution in [0.2, 0.25) is 0 Å². The van der Waals surface area contributed by atoms with Crippen molar-refractivity contribution in [3.63, 3.8) is 0 Å². The number of carboxylic acids is 1. The van der Waals surface area contributed by atoms with Crippen LogP contribution >= 0.6 is 0 Å². The number of carbonyl (C=O) groups excluding carboxylic acids is 1. The summed E-state index contributed by atoms with van der Waals surface area (Å²) in [7, 11) is 0. The molecule has 1 saturated heterocycles. The number of carbonyl (C=O) groups is 2. The molecule has 0 radical (unpaired) electrons. The average molecular weight is 272 g/mol. The summed E-state index contributed by atoms with van der Waals surface area (Å²) >= 11 is 0. The summed E-state index contributed by atoms with van der Waals surface area (Å²) in [4.78, 5) is 20.6. The van der Waals surface area contributed by atoms with E-state index in [1.165, 1.54) is 5.39 Å². The predicted molar refractivity (Wildman–Crippen MR) is 77.4 cm³/mol. The van der Waals surface area contributed by atoms with Crippen LogP contribution in [0.5, 0.6) is 0 Å². The fourth-order valence-corrected chi connectivity index (χ4v) is 2.03. The SMILES string of the molecule is Nc1cccc2ccccc12.O=C1CN[C@H](C(=O)O)C1. The van der Waals surface area contributed by atoms with Crippen molar-refractivity contribution >= 4 is 28.2 Å². The van der Waals surface area contributed by atoms with E-state index in [1.807, 2.05) is 30.3 Å². The van der Waals surface area contributed by atoms with Gasteiger partial charge in [0, 0.05) is 17.5 Å². The van der Waals surface area contributed by atoms with Crippen LogP contribution in [-0.4, -0.2) is 29.4 Å². The average Bonchev–Trinajstić information content (AvgIpc) is 2.87. The molecule has 2 aromatic rings. The lowest BCUT2D eigenvalue weighted by Crippen LogP contribution is -2.29. The van der Waals surface area contributed by atoms with Gasteiger partial charge in [0.05, 0.1) is 6.54 Å². The molecule has 5 heteroatoms. The second kappa shape index (κ2) is 6.16. The first-order valence-corrected chi connectivity index (χ1v) is 6.29. The molecule has 0 aromatic heterocycles. The van der Waals surface area contributed by atoms with Gasteiger partial charge in [0.15, 0.2) is 0 Å². The maximum Gasteiger partial charge on any atom is 0.321 e. The Morgan fingerprint density at radius 1 is 1.20 bits per heavy atom. The molecule has 4 N–H and O–H groups in total. The monoisotopic (exact) mass is 272 g/mol. The minimum absolute atomic E-state index is 0.0256. The fourth-order valence-electron chi connectivity index (χ4n) is 2.03. The molecule has 2 aromatic carbocycles. The topological polar surface area (TPSA) is 92.4 Å². The van der Waals surface area contributed by atoms with Crippen molar-refractivity contribution in [3.8, 4) is 0 Å². The quantitative estimate of drug-likeness (QED) is 0.683. The molecule has 0 saturated carbocycles.